The molecule has 0 atom stereocenters. The zero-order chi connectivity index (χ0) is 19.2. The van der Waals surface area contributed by atoms with E-state index in [-0.39, 0.29) is 5.91 Å². The summed E-state index contributed by atoms with van der Waals surface area (Å²) in [5.41, 5.74) is 3.03. The van der Waals surface area contributed by atoms with E-state index in [0.717, 1.165) is 22.0 Å². The van der Waals surface area contributed by atoms with E-state index in [1.807, 2.05) is 44.4 Å². The van der Waals surface area contributed by atoms with E-state index in [2.05, 4.69) is 32.5 Å². The van der Waals surface area contributed by atoms with Crippen molar-refractivity contribution in [2.75, 3.05) is 12.0 Å². The third kappa shape index (κ3) is 5.33. The summed E-state index contributed by atoms with van der Waals surface area (Å²) in [6, 6.07) is 12.0. The zero-order valence-electron chi connectivity index (χ0n) is 15.5. The first-order valence-corrected chi connectivity index (χ1v) is 10.6. The summed E-state index contributed by atoms with van der Waals surface area (Å²) in [7, 11) is 0. The molecule has 0 aliphatic heterocycles. The minimum absolute atomic E-state index is 0.0276. The molecule has 0 saturated heterocycles. The first kappa shape index (κ1) is 19.4. The Bertz CT molecular complexity index is 924. The third-order valence-corrected chi connectivity index (χ3v) is 5.52. The second-order valence-corrected chi connectivity index (χ2v) is 7.84. The number of hydrogen-bond donors (Lipinski definition) is 1. The molecule has 0 radical (unpaired) electrons. The van der Waals surface area contributed by atoms with Gasteiger partial charge in [-0.15, -0.1) is 11.8 Å². The van der Waals surface area contributed by atoms with Crippen LogP contribution in [-0.4, -0.2) is 37.7 Å². The second-order valence-electron chi connectivity index (χ2n) is 5.97. The van der Waals surface area contributed by atoms with Crippen LogP contribution in [0, 0.1) is 13.8 Å². The average Bonchev–Trinajstić information content (AvgIpc) is 3.03. The minimum atomic E-state index is -0.0276. The number of aromatic nitrogens is 4. The molecule has 0 aliphatic rings. The standard InChI is InChI=1S/C19H21N5OS2/c1-13-8-14(2)24(23-13)17-9-19(22-12-21-17)27-11-18(25)20-10-15-4-6-16(26-3)7-5-15/h4-9,12H,10-11H2,1-3H3,(H,20,25). The molecule has 0 bridgehead atoms. The smallest absolute Gasteiger partial charge is 0.230 e. The Kier molecular flexibility index (Phi) is 6.52. The lowest BCUT2D eigenvalue weighted by Crippen LogP contribution is -2.24. The summed E-state index contributed by atoms with van der Waals surface area (Å²) in [4.78, 5) is 21.9. The SMILES string of the molecule is CSc1ccc(CNC(=O)CSc2cc(-n3nc(C)cc3C)ncn2)cc1. The quantitative estimate of drug-likeness (QED) is 0.485. The number of amides is 1. The van der Waals surface area contributed by atoms with Crippen molar-refractivity contribution in [2.45, 2.75) is 30.3 Å². The lowest BCUT2D eigenvalue weighted by molar-refractivity contribution is -0.118. The van der Waals surface area contributed by atoms with E-state index >= 15 is 0 Å². The number of benzene rings is 1. The van der Waals surface area contributed by atoms with Gasteiger partial charge in [0.2, 0.25) is 5.91 Å². The van der Waals surface area contributed by atoms with Gasteiger partial charge in [-0.25, -0.2) is 14.6 Å². The fourth-order valence-electron chi connectivity index (χ4n) is 2.52. The van der Waals surface area contributed by atoms with Gasteiger partial charge in [-0.05, 0) is 43.9 Å². The van der Waals surface area contributed by atoms with Gasteiger partial charge in [0.1, 0.15) is 11.4 Å². The molecule has 0 spiro atoms. The number of nitrogens with one attached hydrogen (secondary N) is 1. The van der Waals surface area contributed by atoms with Gasteiger partial charge in [0.05, 0.1) is 11.4 Å². The predicted octanol–water partition coefficient (Wildman–Crippen LogP) is 3.41. The Morgan fingerprint density at radius 1 is 1.15 bits per heavy atom. The van der Waals surface area contributed by atoms with E-state index in [0.29, 0.717) is 18.1 Å². The molecule has 6 nitrogen and oxygen atoms in total. The molecular weight excluding hydrogens is 378 g/mol. The Morgan fingerprint density at radius 3 is 2.59 bits per heavy atom. The summed E-state index contributed by atoms with van der Waals surface area (Å²) in [6.45, 7) is 4.45. The number of carbonyl (C=O) groups excluding carboxylic acids is 1. The van der Waals surface area contributed by atoms with E-state index < -0.39 is 0 Å². The average molecular weight is 400 g/mol. The highest BCUT2D eigenvalue weighted by Gasteiger charge is 2.09. The molecule has 0 saturated carbocycles. The van der Waals surface area contributed by atoms with Crippen LogP contribution in [0.2, 0.25) is 0 Å². The number of nitrogens with zero attached hydrogens (tertiary/aromatic N) is 4. The van der Waals surface area contributed by atoms with Crippen LogP contribution in [0.25, 0.3) is 5.82 Å². The molecule has 2 heterocycles. The van der Waals surface area contributed by atoms with E-state index in [1.54, 1.807) is 16.4 Å². The number of hydrogen-bond acceptors (Lipinski definition) is 6. The Labute approximate surface area is 167 Å². The summed E-state index contributed by atoms with van der Waals surface area (Å²) in [6.07, 6.45) is 3.54. The first-order chi connectivity index (χ1) is 13.0. The van der Waals surface area contributed by atoms with E-state index in [9.17, 15) is 4.79 Å². The Balaban J connectivity index is 1.54. The van der Waals surface area contributed by atoms with Crippen LogP contribution >= 0.6 is 23.5 Å². The van der Waals surface area contributed by atoms with Gasteiger partial charge >= 0.3 is 0 Å². The summed E-state index contributed by atoms with van der Waals surface area (Å²) < 4.78 is 1.78. The number of aryl methyl sites for hydroxylation is 2. The molecular formula is C19H21N5OS2. The van der Waals surface area contributed by atoms with Crippen LogP contribution in [0.3, 0.4) is 0 Å². The fourth-order valence-corrected chi connectivity index (χ4v) is 3.62. The van der Waals surface area contributed by atoms with E-state index in [1.165, 1.54) is 23.0 Å². The maximum atomic E-state index is 12.1. The zero-order valence-corrected chi connectivity index (χ0v) is 17.1. The number of carbonyl (C=O) groups is 1. The van der Waals surface area contributed by atoms with Gasteiger partial charge in [-0.1, -0.05) is 23.9 Å². The minimum Gasteiger partial charge on any atom is -0.351 e. The van der Waals surface area contributed by atoms with Crippen molar-refractivity contribution < 1.29 is 4.79 Å². The molecule has 2 aromatic heterocycles. The number of rotatable bonds is 7. The summed E-state index contributed by atoms with van der Waals surface area (Å²) in [5.74, 6) is 0.976. The van der Waals surface area contributed by atoms with Crippen LogP contribution < -0.4 is 5.32 Å². The van der Waals surface area contributed by atoms with Gasteiger partial charge in [-0.3, -0.25) is 4.79 Å². The van der Waals surface area contributed by atoms with Crippen molar-refractivity contribution in [3.05, 3.63) is 59.7 Å². The fraction of sp³-hybridized carbons (Fsp3) is 0.263. The highest BCUT2D eigenvalue weighted by atomic mass is 32.2. The van der Waals surface area contributed by atoms with Gasteiger partial charge in [0.15, 0.2) is 5.82 Å². The van der Waals surface area contributed by atoms with Crippen molar-refractivity contribution in [1.82, 2.24) is 25.1 Å². The van der Waals surface area contributed by atoms with Crippen LogP contribution in [-0.2, 0) is 11.3 Å². The maximum Gasteiger partial charge on any atom is 0.230 e. The van der Waals surface area contributed by atoms with Gasteiger partial charge < -0.3 is 5.32 Å². The normalized spacial score (nSPS) is 10.8. The Morgan fingerprint density at radius 2 is 1.93 bits per heavy atom. The van der Waals surface area contributed by atoms with Gasteiger partial charge in [0, 0.05) is 23.2 Å². The molecule has 1 aromatic carbocycles. The molecule has 0 unspecified atom stereocenters. The van der Waals surface area contributed by atoms with Gasteiger partial charge in [-0.2, -0.15) is 5.10 Å². The highest BCUT2D eigenvalue weighted by Crippen LogP contribution is 2.18. The van der Waals surface area contributed by atoms with Crippen molar-refractivity contribution in [1.29, 1.82) is 0 Å². The lowest BCUT2D eigenvalue weighted by Gasteiger charge is -2.07. The third-order valence-electron chi connectivity index (χ3n) is 3.85. The van der Waals surface area contributed by atoms with Gasteiger partial charge in [0.25, 0.3) is 0 Å². The van der Waals surface area contributed by atoms with Crippen LogP contribution in [0.15, 0.2) is 52.6 Å². The number of thioether (sulfide) groups is 2. The maximum absolute atomic E-state index is 12.1. The first-order valence-electron chi connectivity index (χ1n) is 8.43. The molecule has 27 heavy (non-hydrogen) atoms. The van der Waals surface area contributed by atoms with Crippen LogP contribution in [0.5, 0.6) is 0 Å². The van der Waals surface area contributed by atoms with Crippen molar-refractivity contribution in [3.8, 4) is 5.82 Å². The molecule has 3 aromatic rings. The van der Waals surface area contributed by atoms with Crippen LogP contribution in [0.1, 0.15) is 17.0 Å². The second kappa shape index (κ2) is 9.05. The van der Waals surface area contributed by atoms with Crippen molar-refractivity contribution in [3.63, 3.8) is 0 Å². The summed E-state index contributed by atoms with van der Waals surface area (Å²) >= 11 is 3.08. The Hall–Kier alpha value is -2.32. The molecule has 0 fully saturated rings. The predicted molar refractivity (Wildman–Crippen MR) is 109 cm³/mol. The molecule has 1 amide bonds. The lowest BCUT2D eigenvalue weighted by atomic mass is 10.2. The molecule has 3 rings (SSSR count). The van der Waals surface area contributed by atoms with Crippen LogP contribution in [0.4, 0.5) is 0 Å². The molecule has 8 heteroatoms. The molecule has 1 N–H and O–H groups in total. The monoisotopic (exact) mass is 399 g/mol. The molecule has 140 valence electrons. The van der Waals surface area contributed by atoms with Crippen molar-refractivity contribution >= 4 is 29.4 Å². The summed E-state index contributed by atoms with van der Waals surface area (Å²) in [5, 5.41) is 8.11. The van der Waals surface area contributed by atoms with Crippen molar-refractivity contribution in [2.24, 2.45) is 0 Å². The highest BCUT2D eigenvalue weighted by molar-refractivity contribution is 7.99. The van der Waals surface area contributed by atoms with E-state index in [4.69, 9.17) is 0 Å². The largest absolute Gasteiger partial charge is 0.351 e. The topological polar surface area (TPSA) is 72.7 Å². The molecule has 0 aliphatic carbocycles.